The molecule has 0 heterocycles. The third kappa shape index (κ3) is 4.76. The van der Waals surface area contributed by atoms with Crippen molar-refractivity contribution >= 4 is 23.2 Å². The van der Waals surface area contributed by atoms with E-state index in [2.05, 4.69) is 10.6 Å². The van der Waals surface area contributed by atoms with E-state index in [0.717, 1.165) is 5.56 Å². The number of methoxy groups -OCH3 is 1. The molecule has 1 amide bonds. The number of rotatable bonds is 6. The SMILES string of the molecule is COc1ccc(Cl)cc1NC(=O)CNCc1ccc(C)cc1. The largest absolute Gasteiger partial charge is 0.495 e. The van der Waals surface area contributed by atoms with E-state index in [1.54, 1.807) is 25.3 Å². The molecule has 0 radical (unpaired) electrons. The van der Waals surface area contributed by atoms with Crippen molar-refractivity contribution in [1.82, 2.24) is 5.32 Å². The lowest BCUT2D eigenvalue weighted by Crippen LogP contribution is -2.27. The number of hydrogen-bond acceptors (Lipinski definition) is 3. The standard InChI is InChI=1S/C17H19ClN2O2/c1-12-3-5-13(6-4-12)10-19-11-17(21)20-15-9-14(18)7-8-16(15)22-2/h3-9,19H,10-11H2,1-2H3,(H,20,21). The molecule has 22 heavy (non-hydrogen) atoms. The summed E-state index contributed by atoms with van der Waals surface area (Å²) >= 11 is 5.93. The fraction of sp³-hybridized carbons (Fsp3) is 0.235. The number of amides is 1. The summed E-state index contributed by atoms with van der Waals surface area (Å²) < 4.78 is 5.19. The number of carbonyl (C=O) groups is 1. The highest BCUT2D eigenvalue weighted by Gasteiger charge is 2.08. The van der Waals surface area contributed by atoms with Gasteiger partial charge in [0.25, 0.3) is 0 Å². The molecule has 0 spiro atoms. The van der Waals surface area contributed by atoms with E-state index in [-0.39, 0.29) is 12.5 Å². The first kappa shape index (κ1) is 16.3. The summed E-state index contributed by atoms with van der Waals surface area (Å²) in [6, 6.07) is 13.3. The molecule has 0 atom stereocenters. The van der Waals surface area contributed by atoms with E-state index in [1.807, 2.05) is 31.2 Å². The van der Waals surface area contributed by atoms with Gasteiger partial charge in [-0.1, -0.05) is 41.4 Å². The zero-order valence-corrected chi connectivity index (χ0v) is 13.4. The minimum absolute atomic E-state index is 0.146. The predicted molar refractivity (Wildman–Crippen MR) is 89.5 cm³/mol. The smallest absolute Gasteiger partial charge is 0.238 e. The summed E-state index contributed by atoms with van der Waals surface area (Å²) in [5.74, 6) is 0.434. The van der Waals surface area contributed by atoms with Gasteiger partial charge in [-0.05, 0) is 30.7 Å². The number of benzene rings is 2. The molecule has 0 bridgehead atoms. The van der Waals surface area contributed by atoms with Gasteiger partial charge in [-0.2, -0.15) is 0 Å². The molecule has 0 unspecified atom stereocenters. The molecule has 5 heteroatoms. The van der Waals surface area contributed by atoms with Crippen LogP contribution in [0.3, 0.4) is 0 Å². The first-order valence-electron chi connectivity index (χ1n) is 6.98. The number of halogens is 1. The van der Waals surface area contributed by atoms with E-state index in [9.17, 15) is 4.79 Å². The second-order valence-electron chi connectivity index (χ2n) is 4.98. The second-order valence-corrected chi connectivity index (χ2v) is 5.42. The van der Waals surface area contributed by atoms with Gasteiger partial charge < -0.3 is 15.4 Å². The van der Waals surface area contributed by atoms with Crippen molar-refractivity contribution in [3.63, 3.8) is 0 Å². The molecular weight excluding hydrogens is 300 g/mol. The quantitative estimate of drug-likeness (QED) is 0.858. The molecular formula is C17H19ClN2O2. The highest BCUT2D eigenvalue weighted by Crippen LogP contribution is 2.27. The highest BCUT2D eigenvalue weighted by molar-refractivity contribution is 6.31. The Morgan fingerprint density at radius 2 is 1.91 bits per heavy atom. The molecule has 0 aromatic heterocycles. The van der Waals surface area contributed by atoms with Crippen molar-refractivity contribution in [2.45, 2.75) is 13.5 Å². The van der Waals surface area contributed by atoms with Crippen LogP contribution in [0.15, 0.2) is 42.5 Å². The van der Waals surface area contributed by atoms with Crippen LogP contribution in [0.25, 0.3) is 0 Å². The Morgan fingerprint density at radius 1 is 1.18 bits per heavy atom. The number of aryl methyl sites for hydroxylation is 1. The lowest BCUT2D eigenvalue weighted by atomic mass is 10.1. The number of ether oxygens (including phenoxy) is 1. The van der Waals surface area contributed by atoms with E-state index in [4.69, 9.17) is 16.3 Å². The van der Waals surface area contributed by atoms with Crippen molar-refractivity contribution in [2.75, 3.05) is 19.0 Å². The van der Waals surface area contributed by atoms with Gasteiger partial charge in [-0.3, -0.25) is 4.79 Å². The molecule has 0 aliphatic rings. The monoisotopic (exact) mass is 318 g/mol. The maximum absolute atomic E-state index is 12.0. The number of anilines is 1. The third-order valence-corrected chi connectivity index (χ3v) is 3.41. The molecule has 0 saturated heterocycles. The van der Waals surface area contributed by atoms with Crippen LogP contribution in [0, 0.1) is 6.92 Å². The zero-order chi connectivity index (χ0) is 15.9. The molecule has 4 nitrogen and oxygen atoms in total. The average molecular weight is 319 g/mol. The normalized spacial score (nSPS) is 10.3. The minimum Gasteiger partial charge on any atom is -0.495 e. The van der Waals surface area contributed by atoms with Crippen LogP contribution in [0.4, 0.5) is 5.69 Å². The van der Waals surface area contributed by atoms with Crippen LogP contribution < -0.4 is 15.4 Å². The van der Waals surface area contributed by atoms with Gasteiger partial charge in [0.05, 0.1) is 19.3 Å². The Labute approximate surface area is 135 Å². The summed E-state index contributed by atoms with van der Waals surface area (Å²) in [4.78, 5) is 12.0. The molecule has 2 N–H and O–H groups in total. The molecule has 0 saturated carbocycles. The fourth-order valence-corrected chi connectivity index (χ4v) is 2.17. The van der Waals surface area contributed by atoms with Crippen molar-refractivity contribution < 1.29 is 9.53 Å². The first-order valence-corrected chi connectivity index (χ1v) is 7.36. The van der Waals surface area contributed by atoms with Gasteiger partial charge >= 0.3 is 0 Å². The fourth-order valence-electron chi connectivity index (χ4n) is 2.00. The molecule has 2 rings (SSSR count). The van der Waals surface area contributed by atoms with E-state index in [0.29, 0.717) is 23.0 Å². The van der Waals surface area contributed by atoms with Crippen LogP contribution >= 0.6 is 11.6 Å². The summed E-state index contributed by atoms with van der Waals surface area (Å²) in [6.45, 7) is 2.90. The van der Waals surface area contributed by atoms with E-state index < -0.39 is 0 Å². The maximum atomic E-state index is 12.0. The third-order valence-electron chi connectivity index (χ3n) is 3.17. The highest BCUT2D eigenvalue weighted by atomic mass is 35.5. The van der Waals surface area contributed by atoms with Crippen molar-refractivity contribution in [3.05, 3.63) is 58.6 Å². The Bertz CT molecular complexity index is 642. The lowest BCUT2D eigenvalue weighted by Gasteiger charge is -2.11. The number of carbonyl (C=O) groups excluding carboxylic acids is 1. The van der Waals surface area contributed by atoms with Crippen LogP contribution in [-0.2, 0) is 11.3 Å². The van der Waals surface area contributed by atoms with E-state index in [1.165, 1.54) is 5.56 Å². The Kier molecular flexibility index (Phi) is 5.81. The average Bonchev–Trinajstić information content (AvgIpc) is 2.49. The van der Waals surface area contributed by atoms with Crippen LogP contribution in [0.2, 0.25) is 5.02 Å². The molecule has 0 fully saturated rings. The number of hydrogen-bond donors (Lipinski definition) is 2. The van der Waals surface area contributed by atoms with Crippen molar-refractivity contribution in [2.24, 2.45) is 0 Å². The van der Waals surface area contributed by atoms with Crippen LogP contribution in [-0.4, -0.2) is 19.6 Å². The zero-order valence-electron chi connectivity index (χ0n) is 12.7. The van der Waals surface area contributed by atoms with Crippen LogP contribution in [0.5, 0.6) is 5.75 Å². The summed E-state index contributed by atoms with van der Waals surface area (Å²) in [6.07, 6.45) is 0. The topological polar surface area (TPSA) is 50.4 Å². The molecule has 0 aliphatic carbocycles. The maximum Gasteiger partial charge on any atom is 0.238 e. The van der Waals surface area contributed by atoms with E-state index >= 15 is 0 Å². The summed E-state index contributed by atoms with van der Waals surface area (Å²) in [7, 11) is 1.55. The van der Waals surface area contributed by atoms with Crippen molar-refractivity contribution in [3.8, 4) is 5.75 Å². The van der Waals surface area contributed by atoms with Gasteiger partial charge in [0.1, 0.15) is 5.75 Å². The van der Waals surface area contributed by atoms with Gasteiger partial charge in [-0.25, -0.2) is 0 Å². The first-order chi connectivity index (χ1) is 10.6. The Hall–Kier alpha value is -2.04. The minimum atomic E-state index is -0.146. The van der Waals surface area contributed by atoms with Gasteiger partial charge in [0.2, 0.25) is 5.91 Å². The Morgan fingerprint density at radius 3 is 2.59 bits per heavy atom. The Balaban J connectivity index is 1.85. The van der Waals surface area contributed by atoms with Gasteiger partial charge in [0.15, 0.2) is 0 Å². The van der Waals surface area contributed by atoms with Gasteiger partial charge in [-0.15, -0.1) is 0 Å². The molecule has 0 aliphatic heterocycles. The van der Waals surface area contributed by atoms with Gasteiger partial charge in [0, 0.05) is 11.6 Å². The molecule has 2 aromatic rings. The predicted octanol–water partition coefficient (Wildman–Crippen LogP) is 3.39. The molecule has 116 valence electrons. The molecule has 2 aromatic carbocycles. The number of nitrogens with one attached hydrogen (secondary N) is 2. The summed E-state index contributed by atoms with van der Waals surface area (Å²) in [5.41, 5.74) is 2.92. The van der Waals surface area contributed by atoms with Crippen molar-refractivity contribution in [1.29, 1.82) is 0 Å². The second kappa shape index (κ2) is 7.82. The lowest BCUT2D eigenvalue weighted by molar-refractivity contribution is -0.115. The summed E-state index contributed by atoms with van der Waals surface area (Å²) in [5, 5.41) is 6.44. The van der Waals surface area contributed by atoms with Crippen LogP contribution in [0.1, 0.15) is 11.1 Å².